The Bertz CT molecular complexity index is 446. The second-order valence-corrected chi connectivity index (χ2v) is 5.32. The molecule has 4 heteroatoms. The lowest BCUT2D eigenvalue weighted by Gasteiger charge is -2.38. The molecule has 1 atom stereocenters. The number of hydrogen-bond donors (Lipinski definition) is 2. The summed E-state index contributed by atoms with van der Waals surface area (Å²) in [5, 5.41) is 14.4. The van der Waals surface area contributed by atoms with Gasteiger partial charge < -0.3 is 5.11 Å². The molecule has 1 aliphatic heterocycles. The van der Waals surface area contributed by atoms with Crippen LogP contribution in [0.4, 0.5) is 11.4 Å². The van der Waals surface area contributed by atoms with Gasteiger partial charge >= 0.3 is 0 Å². The van der Waals surface area contributed by atoms with Crippen molar-refractivity contribution in [3.8, 4) is 0 Å². The van der Waals surface area contributed by atoms with Crippen molar-refractivity contribution in [3.63, 3.8) is 0 Å². The number of fused-ring (bicyclic) bond motifs is 1. The SMILES string of the molecule is CC(O)N1C(C(C)(C)C)=NNc2ccccc21. The Hall–Kier alpha value is -1.55. The number of aliphatic hydroxyl groups is 1. The van der Waals surface area contributed by atoms with E-state index in [4.69, 9.17) is 0 Å². The van der Waals surface area contributed by atoms with E-state index in [1.54, 1.807) is 6.92 Å². The summed E-state index contributed by atoms with van der Waals surface area (Å²) in [6.45, 7) is 7.99. The average Bonchev–Trinajstić information content (AvgIpc) is 2.26. The van der Waals surface area contributed by atoms with Gasteiger partial charge in [0.05, 0.1) is 11.4 Å². The van der Waals surface area contributed by atoms with Crippen molar-refractivity contribution in [1.29, 1.82) is 0 Å². The van der Waals surface area contributed by atoms with Crippen LogP contribution in [0, 0.1) is 5.41 Å². The Morgan fingerprint density at radius 1 is 1.29 bits per heavy atom. The first-order valence-corrected chi connectivity index (χ1v) is 5.82. The quantitative estimate of drug-likeness (QED) is 0.784. The molecule has 1 unspecified atom stereocenters. The molecule has 0 radical (unpaired) electrons. The van der Waals surface area contributed by atoms with Crippen molar-refractivity contribution in [3.05, 3.63) is 24.3 Å². The summed E-state index contributed by atoms with van der Waals surface area (Å²) in [6.07, 6.45) is -0.601. The highest BCUT2D eigenvalue weighted by molar-refractivity contribution is 6.06. The lowest BCUT2D eigenvalue weighted by Crippen LogP contribution is -2.47. The maximum Gasteiger partial charge on any atom is 0.137 e. The Labute approximate surface area is 102 Å². The topological polar surface area (TPSA) is 47.9 Å². The van der Waals surface area contributed by atoms with Crippen molar-refractivity contribution in [2.75, 3.05) is 10.3 Å². The second-order valence-electron chi connectivity index (χ2n) is 5.32. The van der Waals surface area contributed by atoms with Crippen LogP contribution in [0.2, 0.25) is 0 Å². The van der Waals surface area contributed by atoms with E-state index in [0.29, 0.717) is 0 Å². The number of aliphatic hydroxyl groups excluding tert-OH is 1. The Morgan fingerprint density at radius 2 is 1.94 bits per heavy atom. The largest absolute Gasteiger partial charge is 0.374 e. The molecule has 17 heavy (non-hydrogen) atoms. The van der Waals surface area contributed by atoms with Crippen LogP contribution in [0.1, 0.15) is 27.7 Å². The average molecular weight is 233 g/mol. The minimum absolute atomic E-state index is 0.127. The Kier molecular flexibility index (Phi) is 2.83. The first kappa shape index (κ1) is 11.9. The Morgan fingerprint density at radius 3 is 2.53 bits per heavy atom. The van der Waals surface area contributed by atoms with Gasteiger partial charge in [0.15, 0.2) is 0 Å². The summed E-state index contributed by atoms with van der Waals surface area (Å²) in [4.78, 5) is 1.87. The predicted molar refractivity (Wildman–Crippen MR) is 71.1 cm³/mol. The highest BCUT2D eigenvalue weighted by atomic mass is 16.3. The normalized spacial score (nSPS) is 17.0. The molecule has 1 aromatic carbocycles. The number of rotatable bonds is 1. The van der Waals surface area contributed by atoms with Crippen LogP contribution in [-0.2, 0) is 0 Å². The maximum absolute atomic E-state index is 9.97. The Balaban J connectivity index is 2.50. The molecule has 2 N–H and O–H groups in total. The maximum atomic E-state index is 9.97. The van der Waals surface area contributed by atoms with Crippen LogP contribution in [-0.4, -0.2) is 17.2 Å². The van der Waals surface area contributed by atoms with Gasteiger partial charge in [0, 0.05) is 5.41 Å². The number of para-hydroxylation sites is 2. The molecule has 0 bridgehead atoms. The molecule has 0 aromatic heterocycles. The van der Waals surface area contributed by atoms with Gasteiger partial charge in [0.2, 0.25) is 0 Å². The minimum Gasteiger partial charge on any atom is -0.374 e. The van der Waals surface area contributed by atoms with E-state index in [1.807, 2.05) is 29.2 Å². The van der Waals surface area contributed by atoms with E-state index in [9.17, 15) is 5.11 Å². The summed E-state index contributed by atoms with van der Waals surface area (Å²) in [6, 6.07) is 7.84. The highest BCUT2D eigenvalue weighted by Gasteiger charge is 2.32. The van der Waals surface area contributed by atoms with E-state index in [0.717, 1.165) is 17.2 Å². The van der Waals surface area contributed by atoms with Gasteiger partial charge in [-0.05, 0) is 19.1 Å². The number of anilines is 2. The first-order chi connectivity index (χ1) is 7.91. The third-order valence-electron chi connectivity index (χ3n) is 2.72. The zero-order valence-electron chi connectivity index (χ0n) is 10.7. The fraction of sp³-hybridized carbons (Fsp3) is 0.462. The van der Waals surface area contributed by atoms with Crippen LogP contribution in [0.5, 0.6) is 0 Å². The molecular weight excluding hydrogens is 214 g/mol. The number of nitrogens with zero attached hydrogens (tertiary/aromatic N) is 2. The minimum atomic E-state index is -0.601. The van der Waals surface area contributed by atoms with Crippen LogP contribution < -0.4 is 10.3 Å². The monoisotopic (exact) mass is 233 g/mol. The van der Waals surface area contributed by atoms with E-state index in [-0.39, 0.29) is 5.41 Å². The lowest BCUT2D eigenvalue weighted by molar-refractivity contribution is 0.201. The molecule has 1 heterocycles. The molecular formula is C13H19N3O. The number of amidine groups is 1. The van der Waals surface area contributed by atoms with Crippen molar-refractivity contribution in [2.24, 2.45) is 10.5 Å². The number of hydrazone groups is 1. The van der Waals surface area contributed by atoms with Crippen molar-refractivity contribution in [1.82, 2.24) is 0 Å². The van der Waals surface area contributed by atoms with Crippen molar-refractivity contribution >= 4 is 17.2 Å². The fourth-order valence-corrected chi connectivity index (χ4v) is 1.97. The van der Waals surface area contributed by atoms with Gasteiger partial charge in [0.1, 0.15) is 12.1 Å². The van der Waals surface area contributed by atoms with Gasteiger partial charge in [-0.15, -0.1) is 0 Å². The molecule has 2 rings (SSSR count). The zero-order valence-corrected chi connectivity index (χ0v) is 10.7. The van der Waals surface area contributed by atoms with E-state index < -0.39 is 6.23 Å². The van der Waals surface area contributed by atoms with E-state index in [1.165, 1.54) is 0 Å². The third-order valence-corrected chi connectivity index (χ3v) is 2.72. The summed E-state index contributed by atoms with van der Waals surface area (Å²) >= 11 is 0. The van der Waals surface area contributed by atoms with Gasteiger partial charge in [0.25, 0.3) is 0 Å². The van der Waals surface area contributed by atoms with Crippen LogP contribution in [0.25, 0.3) is 0 Å². The lowest BCUT2D eigenvalue weighted by atomic mass is 9.93. The van der Waals surface area contributed by atoms with Gasteiger partial charge in [-0.3, -0.25) is 10.3 Å². The molecule has 0 saturated carbocycles. The van der Waals surface area contributed by atoms with Crippen LogP contribution in [0.15, 0.2) is 29.4 Å². The summed E-state index contributed by atoms with van der Waals surface area (Å²) in [5.74, 6) is 0.839. The molecule has 0 aliphatic carbocycles. The van der Waals surface area contributed by atoms with Crippen LogP contribution >= 0.6 is 0 Å². The first-order valence-electron chi connectivity index (χ1n) is 5.82. The smallest absolute Gasteiger partial charge is 0.137 e. The third kappa shape index (κ3) is 2.13. The molecule has 0 saturated heterocycles. The fourth-order valence-electron chi connectivity index (χ4n) is 1.97. The van der Waals surface area contributed by atoms with Gasteiger partial charge in [-0.25, -0.2) is 0 Å². The molecule has 0 amide bonds. The summed E-state index contributed by atoms with van der Waals surface area (Å²) in [5.41, 5.74) is 4.79. The van der Waals surface area contributed by atoms with Crippen LogP contribution in [0.3, 0.4) is 0 Å². The highest BCUT2D eigenvalue weighted by Crippen LogP contribution is 2.34. The molecule has 0 fully saturated rings. The summed E-state index contributed by atoms with van der Waals surface area (Å²) in [7, 11) is 0. The molecule has 1 aliphatic rings. The van der Waals surface area contributed by atoms with Gasteiger partial charge in [-0.2, -0.15) is 5.10 Å². The zero-order chi connectivity index (χ0) is 12.6. The van der Waals surface area contributed by atoms with Crippen molar-refractivity contribution < 1.29 is 5.11 Å². The van der Waals surface area contributed by atoms with Crippen molar-refractivity contribution in [2.45, 2.75) is 33.9 Å². The predicted octanol–water partition coefficient (Wildman–Crippen LogP) is 2.62. The van der Waals surface area contributed by atoms with Gasteiger partial charge in [-0.1, -0.05) is 32.9 Å². The van der Waals surface area contributed by atoms with E-state index >= 15 is 0 Å². The number of hydrogen-bond acceptors (Lipinski definition) is 4. The standard InChI is InChI=1S/C13H19N3O/c1-9(17)16-11-8-6-5-7-10(11)14-15-12(16)13(2,3)4/h5-9,14,17H,1-4H3. The van der Waals surface area contributed by atoms with E-state index in [2.05, 4.69) is 31.3 Å². The molecule has 4 nitrogen and oxygen atoms in total. The number of benzene rings is 1. The molecule has 1 aromatic rings. The molecule has 92 valence electrons. The number of nitrogens with one attached hydrogen (secondary N) is 1. The summed E-state index contributed by atoms with van der Waals surface area (Å²) < 4.78 is 0. The molecule has 0 spiro atoms. The second kappa shape index (κ2) is 4.04.